The van der Waals surface area contributed by atoms with Crippen LogP contribution in [0.1, 0.15) is 19.8 Å². The zero-order valence-corrected chi connectivity index (χ0v) is 12.2. The van der Waals surface area contributed by atoms with Crippen LogP contribution >= 0.6 is 15.9 Å². The van der Waals surface area contributed by atoms with Gasteiger partial charge in [0.15, 0.2) is 0 Å². The average molecular weight is 327 g/mol. The highest BCUT2D eigenvalue weighted by atomic mass is 79.9. The van der Waals surface area contributed by atoms with E-state index in [4.69, 9.17) is 4.74 Å². The molecule has 0 amide bonds. The molecule has 1 heterocycles. The van der Waals surface area contributed by atoms with Crippen LogP contribution in [-0.2, 0) is 0 Å². The molecule has 1 aliphatic rings. The second-order valence-corrected chi connectivity index (χ2v) is 5.64. The molecule has 0 saturated carbocycles. The number of rotatable bonds is 4. The minimum absolute atomic E-state index is 0.0925. The molecule has 0 radical (unpaired) electrons. The van der Waals surface area contributed by atoms with E-state index in [1.165, 1.54) is 12.3 Å². The molecule has 0 fully saturated rings. The van der Waals surface area contributed by atoms with Crippen molar-refractivity contribution in [2.45, 2.75) is 19.8 Å². The largest absolute Gasteiger partial charge is 0.472 e. The highest BCUT2D eigenvalue weighted by Gasteiger charge is 2.22. The number of ether oxygens (including phenoxy) is 1. The van der Waals surface area contributed by atoms with Gasteiger partial charge in [0.05, 0.1) is 11.5 Å². The van der Waals surface area contributed by atoms with Gasteiger partial charge in [0.1, 0.15) is 0 Å². The van der Waals surface area contributed by atoms with Crippen LogP contribution in [0.4, 0.5) is 5.69 Å². The zero-order chi connectivity index (χ0) is 13.8. The minimum atomic E-state index is -0.475. The van der Waals surface area contributed by atoms with E-state index in [2.05, 4.69) is 40.0 Å². The van der Waals surface area contributed by atoms with Crippen LogP contribution in [0.2, 0.25) is 0 Å². The number of nitrogens with zero attached hydrogens (tertiary/aromatic N) is 2. The molecule has 0 aliphatic heterocycles. The Morgan fingerprint density at radius 2 is 2.26 bits per heavy atom. The maximum atomic E-state index is 10.9. The Morgan fingerprint density at radius 1 is 1.53 bits per heavy atom. The Bertz CT molecular complexity index is 505. The van der Waals surface area contributed by atoms with Gasteiger partial charge in [-0.25, -0.2) is 4.98 Å². The second kappa shape index (κ2) is 6.14. The van der Waals surface area contributed by atoms with Gasteiger partial charge in [-0.2, -0.15) is 0 Å². The quantitative estimate of drug-likeness (QED) is 0.480. The summed E-state index contributed by atoms with van der Waals surface area (Å²) in [6.45, 7) is 2.63. The Morgan fingerprint density at radius 3 is 2.95 bits per heavy atom. The number of hydrogen-bond donors (Lipinski definition) is 0. The standard InChI is InChI=1S/C13H15BrN2O3/c1-9-4-2-3-5-10(9)8-19-13-12(16(17)18)6-11(14)7-15-13/h2-3,6-7,9-10H,4-5,8H2,1H3. The van der Waals surface area contributed by atoms with Crippen LogP contribution in [0, 0.1) is 22.0 Å². The fourth-order valence-corrected chi connectivity index (χ4v) is 2.40. The molecule has 1 aliphatic carbocycles. The molecule has 0 saturated heterocycles. The van der Waals surface area contributed by atoms with Gasteiger partial charge in [0, 0.05) is 16.7 Å². The number of pyridine rings is 1. The lowest BCUT2D eigenvalue weighted by Gasteiger charge is -2.24. The third-order valence-corrected chi connectivity index (χ3v) is 3.78. The smallest absolute Gasteiger partial charge is 0.332 e. The topological polar surface area (TPSA) is 65.3 Å². The Kier molecular flexibility index (Phi) is 4.52. The van der Waals surface area contributed by atoms with Crippen LogP contribution in [0.15, 0.2) is 28.9 Å². The van der Waals surface area contributed by atoms with Gasteiger partial charge in [-0.3, -0.25) is 10.1 Å². The number of nitro groups is 1. The summed E-state index contributed by atoms with van der Waals surface area (Å²) >= 11 is 3.17. The van der Waals surface area contributed by atoms with Gasteiger partial charge in [-0.15, -0.1) is 0 Å². The third-order valence-electron chi connectivity index (χ3n) is 3.35. The first-order valence-electron chi connectivity index (χ1n) is 6.15. The highest BCUT2D eigenvalue weighted by Crippen LogP contribution is 2.30. The Labute approximate surface area is 120 Å². The van der Waals surface area contributed by atoms with E-state index in [1.54, 1.807) is 0 Å². The minimum Gasteiger partial charge on any atom is -0.472 e. The van der Waals surface area contributed by atoms with E-state index >= 15 is 0 Å². The molecule has 0 N–H and O–H groups in total. The second-order valence-electron chi connectivity index (χ2n) is 4.73. The van der Waals surface area contributed by atoms with E-state index < -0.39 is 4.92 Å². The summed E-state index contributed by atoms with van der Waals surface area (Å²) in [7, 11) is 0. The van der Waals surface area contributed by atoms with Crippen molar-refractivity contribution in [2.75, 3.05) is 6.61 Å². The first-order chi connectivity index (χ1) is 9.08. The van der Waals surface area contributed by atoms with Crippen LogP contribution in [-0.4, -0.2) is 16.5 Å². The summed E-state index contributed by atoms with van der Waals surface area (Å²) in [4.78, 5) is 14.4. The molecule has 0 aromatic carbocycles. The molecular weight excluding hydrogens is 312 g/mol. The molecule has 5 nitrogen and oxygen atoms in total. The summed E-state index contributed by atoms with van der Waals surface area (Å²) in [6, 6.07) is 1.41. The van der Waals surface area contributed by atoms with E-state index in [1.807, 2.05) is 0 Å². The fraction of sp³-hybridized carbons (Fsp3) is 0.462. The molecule has 102 valence electrons. The number of hydrogen-bond acceptors (Lipinski definition) is 4. The van der Waals surface area contributed by atoms with Crippen molar-refractivity contribution in [3.05, 3.63) is 39.0 Å². The molecule has 2 atom stereocenters. The number of aromatic nitrogens is 1. The summed E-state index contributed by atoms with van der Waals surface area (Å²) in [5.74, 6) is 1.00. The van der Waals surface area contributed by atoms with Crippen molar-refractivity contribution in [3.8, 4) is 5.88 Å². The van der Waals surface area contributed by atoms with Gasteiger partial charge in [0.25, 0.3) is 5.88 Å². The zero-order valence-electron chi connectivity index (χ0n) is 10.6. The first-order valence-corrected chi connectivity index (χ1v) is 6.95. The lowest BCUT2D eigenvalue weighted by atomic mass is 9.85. The predicted molar refractivity (Wildman–Crippen MR) is 75.1 cm³/mol. The highest BCUT2D eigenvalue weighted by molar-refractivity contribution is 9.10. The molecule has 2 rings (SSSR count). The third kappa shape index (κ3) is 3.53. The van der Waals surface area contributed by atoms with Gasteiger partial charge in [0.2, 0.25) is 0 Å². The van der Waals surface area contributed by atoms with Crippen LogP contribution in [0.25, 0.3) is 0 Å². The SMILES string of the molecule is CC1CC=CCC1COc1ncc(Br)cc1[N+](=O)[O-]. The monoisotopic (exact) mass is 326 g/mol. The first kappa shape index (κ1) is 14.0. The van der Waals surface area contributed by atoms with Crippen molar-refractivity contribution < 1.29 is 9.66 Å². The van der Waals surface area contributed by atoms with Crippen LogP contribution < -0.4 is 4.74 Å². The number of allylic oxidation sites excluding steroid dienone is 2. The van der Waals surface area contributed by atoms with Gasteiger partial charge in [-0.1, -0.05) is 19.1 Å². The van der Waals surface area contributed by atoms with Crippen molar-refractivity contribution >= 4 is 21.6 Å². The van der Waals surface area contributed by atoms with E-state index in [-0.39, 0.29) is 11.6 Å². The lowest BCUT2D eigenvalue weighted by Crippen LogP contribution is -2.21. The number of halogens is 1. The predicted octanol–water partition coefficient (Wildman–Crippen LogP) is 3.73. The maximum Gasteiger partial charge on any atom is 0.332 e. The van der Waals surface area contributed by atoms with Crippen molar-refractivity contribution in [1.29, 1.82) is 0 Å². The van der Waals surface area contributed by atoms with Crippen LogP contribution in [0.5, 0.6) is 5.88 Å². The summed E-state index contributed by atoms with van der Waals surface area (Å²) in [6.07, 6.45) is 7.79. The van der Waals surface area contributed by atoms with E-state index in [0.29, 0.717) is 22.9 Å². The van der Waals surface area contributed by atoms with Gasteiger partial charge in [-0.05, 0) is 40.6 Å². The van der Waals surface area contributed by atoms with E-state index in [9.17, 15) is 10.1 Å². The van der Waals surface area contributed by atoms with Crippen LogP contribution in [0.3, 0.4) is 0 Å². The summed E-state index contributed by atoms with van der Waals surface area (Å²) in [5.41, 5.74) is -0.103. The maximum absolute atomic E-state index is 10.9. The molecule has 2 unspecified atom stereocenters. The van der Waals surface area contributed by atoms with Gasteiger partial charge >= 0.3 is 5.69 Å². The van der Waals surface area contributed by atoms with Crippen molar-refractivity contribution in [3.63, 3.8) is 0 Å². The van der Waals surface area contributed by atoms with Crippen molar-refractivity contribution in [1.82, 2.24) is 4.98 Å². The van der Waals surface area contributed by atoms with E-state index in [0.717, 1.165) is 12.8 Å². The molecule has 6 heteroatoms. The average Bonchev–Trinajstić information content (AvgIpc) is 2.38. The normalized spacial score (nSPS) is 22.2. The lowest BCUT2D eigenvalue weighted by molar-refractivity contribution is -0.386. The van der Waals surface area contributed by atoms with Gasteiger partial charge < -0.3 is 4.74 Å². The Balaban J connectivity index is 2.07. The molecule has 1 aromatic heterocycles. The molecule has 0 spiro atoms. The molecule has 0 bridgehead atoms. The Hall–Kier alpha value is -1.43. The molecule has 19 heavy (non-hydrogen) atoms. The summed E-state index contributed by atoms with van der Waals surface area (Å²) < 4.78 is 6.13. The molecular formula is C13H15BrN2O3. The fourth-order valence-electron chi connectivity index (χ4n) is 2.08. The molecule has 1 aromatic rings. The van der Waals surface area contributed by atoms with Crippen molar-refractivity contribution in [2.24, 2.45) is 11.8 Å². The summed E-state index contributed by atoms with van der Waals surface area (Å²) in [5, 5.41) is 10.9.